The molecule has 0 saturated heterocycles. The highest BCUT2D eigenvalue weighted by Crippen LogP contribution is 2.39. The largest absolute Gasteiger partial charge is 0.431 e. The van der Waals surface area contributed by atoms with Crippen LogP contribution in [-0.2, 0) is 0 Å². The van der Waals surface area contributed by atoms with Gasteiger partial charge in [0, 0.05) is 25.2 Å². The van der Waals surface area contributed by atoms with Gasteiger partial charge in [-0.25, -0.2) is 4.98 Å². The number of hydrogen-bond acceptors (Lipinski definition) is 8. The number of nitrogens with zero attached hydrogens (tertiary/aromatic N) is 5. The Balaban J connectivity index is 1.69. The van der Waals surface area contributed by atoms with E-state index < -0.39 is 0 Å². The smallest absolute Gasteiger partial charge is 0.257 e. The highest BCUT2D eigenvalue weighted by atomic mass is 32.2. The maximum absolute atomic E-state index is 6.19. The first kappa shape index (κ1) is 19.9. The third kappa shape index (κ3) is 4.28. The van der Waals surface area contributed by atoms with Crippen LogP contribution in [0.3, 0.4) is 0 Å². The van der Waals surface area contributed by atoms with Gasteiger partial charge in [-0.2, -0.15) is 15.0 Å². The van der Waals surface area contributed by atoms with Gasteiger partial charge in [0.15, 0.2) is 5.76 Å². The summed E-state index contributed by atoms with van der Waals surface area (Å²) in [4.78, 5) is 19.5. The Hall–Kier alpha value is -3.39. The predicted octanol–water partition coefficient (Wildman–Crippen LogP) is 4.70. The predicted molar refractivity (Wildman–Crippen MR) is 120 cm³/mol. The second-order valence-electron chi connectivity index (χ2n) is 6.90. The highest BCUT2D eigenvalue weighted by molar-refractivity contribution is 7.99. The van der Waals surface area contributed by atoms with Gasteiger partial charge in [0.25, 0.3) is 5.22 Å². The van der Waals surface area contributed by atoms with Crippen molar-refractivity contribution in [3.63, 3.8) is 0 Å². The molecule has 0 saturated carbocycles. The summed E-state index contributed by atoms with van der Waals surface area (Å²) in [6.07, 6.45) is 0. The molecule has 2 heterocycles. The van der Waals surface area contributed by atoms with Crippen molar-refractivity contribution in [1.82, 2.24) is 19.9 Å². The Morgan fingerprint density at radius 1 is 0.867 bits per heavy atom. The van der Waals surface area contributed by atoms with E-state index in [1.807, 2.05) is 81.7 Å². The van der Waals surface area contributed by atoms with Gasteiger partial charge in [-0.15, -0.1) is 0 Å². The molecule has 2 aromatic carbocycles. The van der Waals surface area contributed by atoms with Gasteiger partial charge in [-0.05, 0) is 6.92 Å². The highest BCUT2D eigenvalue weighted by Gasteiger charge is 2.21. The first-order valence-corrected chi connectivity index (χ1v) is 10.4. The van der Waals surface area contributed by atoms with E-state index in [-0.39, 0.29) is 11.2 Å². The molecule has 1 atom stereocenters. The molecule has 0 bridgehead atoms. The van der Waals surface area contributed by atoms with E-state index in [0.717, 1.165) is 22.6 Å². The topological polar surface area (TPSA) is 94.0 Å². The van der Waals surface area contributed by atoms with Gasteiger partial charge in [-0.3, -0.25) is 0 Å². The molecule has 0 fully saturated rings. The van der Waals surface area contributed by atoms with E-state index in [0.29, 0.717) is 17.0 Å². The van der Waals surface area contributed by atoms with Crippen LogP contribution >= 0.6 is 11.8 Å². The summed E-state index contributed by atoms with van der Waals surface area (Å²) in [5, 5.41) is 0.422. The van der Waals surface area contributed by atoms with Gasteiger partial charge >= 0.3 is 0 Å². The van der Waals surface area contributed by atoms with Crippen molar-refractivity contribution in [3.8, 4) is 22.6 Å². The molecule has 0 radical (unpaired) electrons. The van der Waals surface area contributed by atoms with Gasteiger partial charge in [0.1, 0.15) is 11.5 Å². The number of hydrogen-bond donors (Lipinski definition) is 1. The van der Waals surface area contributed by atoms with E-state index >= 15 is 0 Å². The molecule has 2 aromatic heterocycles. The SMILES string of the molecule is CC(Sc1nc(-c2ccccc2)c(-c2ccccc2)o1)c1nc(N)nc(N(C)C)n1. The second-order valence-corrected chi connectivity index (χ2v) is 8.19. The quantitative estimate of drug-likeness (QED) is 0.451. The minimum Gasteiger partial charge on any atom is -0.431 e. The summed E-state index contributed by atoms with van der Waals surface area (Å²) in [5.41, 5.74) is 8.65. The van der Waals surface area contributed by atoms with Crippen LogP contribution < -0.4 is 10.6 Å². The van der Waals surface area contributed by atoms with Crippen LogP contribution in [0.1, 0.15) is 18.0 Å². The summed E-state index contributed by atoms with van der Waals surface area (Å²) < 4.78 is 6.19. The fourth-order valence-corrected chi connectivity index (χ4v) is 3.70. The molecule has 2 N–H and O–H groups in total. The first-order valence-electron chi connectivity index (χ1n) is 9.48. The molecule has 30 heavy (non-hydrogen) atoms. The lowest BCUT2D eigenvalue weighted by atomic mass is 10.1. The van der Waals surface area contributed by atoms with Gasteiger partial charge in [-0.1, -0.05) is 72.4 Å². The molecule has 0 aliphatic carbocycles. The maximum atomic E-state index is 6.19. The molecule has 152 valence electrons. The number of benzene rings is 2. The Bertz CT molecular complexity index is 1070. The molecular weight excluding hydrogens is 396 g/mol. The summed E-state index contributed by atoms with van der Waals surface area (Å²) in [6.45, 7) is 1.99. The zero-order chi connectivity index (χ0) is 21.1. The first-order chi connectivity index (χ1) is 14.5. The number of aromatic nitrogens is 4. The molecule has 0 spiro atoms. The van der Waals surface area contributed by atoms with E-state index in [1.54, 1.807) is 4.90 Å². The lowest BCUT2D eigenvalue weighted by molar-refractivity contribution is 0.465. The zero-order valence-corrected chi connectivity index (χ0v) is 17.8. The molecule has 4 rings (SSSR count). The number of rotatable bonds is 6. The van der Waals surface area contributed by atoms with Crippen LogP contribution in [0.25, 0.3) is 22.6 Å². The number of thioether (sulfide) groups is 1. The van der Waals surface area contributed by atoms with E-state index in [4.69, 9.17) is 15.1 Å². The molecule has 7 nitrogen and oxygen atoms in total. The zero-order valence-electron chi connectivity index (χ0n) is 17.0. The van der Waals surface area contributed by atoms with Crippen LogP contribution in [0.2, 0.25) is 0 Å². The van der Waals surface area contributed by atoms with Crippen molar-refractivity contribution >= 4 is 23.7 Å². The summed E-state index contributed by atoms with van der Waals surface area (Å²) in [7, 11) is 3.73. The Morgan fingerprint density at radius 3 is 2.13 bits per heavy atom. The fourth-order valence-electron chi connectivity index (χ4n) is 2.91. The number of nitrogen functional groups attached to an aromatic ring is 1. The number of oxazole rings is 1. The molecule has 0 aliphatic heterocycles. The van der Waals surface area contributed by atoms with Crippen LogP contribution in [0.4, 0.5) is 11.9 Å². The third-order valence-corrected chi connectivity index (χ3v) is 5.33. The number of nitrogens with two attached hydrogens (primary N) is 1. The van der Waals surface area contributed by atoms with Crippen LogP contribution in [0.5, 0.6) is 0 Å². The molecule has 8 heteroatoms. The molecule has 4 aromatic rings. The molecule has 1 unspecified atom stereocenters. The van der Waals surface area contributed by atoms with E-state index in [9.17, 15) is 0 Å². The molecular formula is C22H22N6OS. The van der Waals surface area contributed by atoms with Crippen molar-refractivity contribution < 1.29 is 4.42 Å². The van der Waals surface area contributed by atoms with Crippen molar-refractivity contribution in [2.24, 2.45) is 0 Å². The lowest BCUT2D eigenvalue weighted by Gasteiger charge is -2.13. The average Bonchev–Trinajstić information content (AvgIpc) is 3.18. The summed E-state index contributed by atoms with van der Waals surface area (Å²) in [6, 6.07) is 20.0. The van der Waals surface area contributed by atoms with E-state index in [1.165, 1.54) is 11.8 Å². The number of anilines is 2. The third-order valence-electron chi connectivity index (χ3n) is 4.39. The summed E-state index contributed by atoms with van der Waals surface area (Å²) >= 11 is 1.45. The second kappa shape index (κ2) is 8.54. The van der Waals surface area contributed by atoms with Crippen molar-refractivity contribution in [2.45, 2.75) is 17.4 Å². The summed E-state index contributed by atoms with van der Waals surface area (Å²) in [5.74, 6) is 2.03. The van der Waals surface area contributed by atoms with E-state index in [2.05, 4.69) is 15.0 Å². The minimum absolute atomic E-state index is 0.125. The van der Waals surface area contributed by atoms with Gasteiger partial charge < -0.3 is 15.1 Å². The Kier molecular flexibility index (Phi) is 5.67. The van der Waals surface area contributed by atoms with Crippen molar-refractivity contribution in [3.05, 3.63) is 66.5 Å². The van der Waals surface area contributed by atoms with Crippen LogP contribution in [0, 0.1) is 0 Å². The molecule has 0 amide bonds. The average molecular weight is 419 g/mol. The fraction of sp³-hybridized carbons (Fsp3) is 0.182. The van der Waals surface area contributed by atoms with Crippen molar-refractivity contribution in [2.75, 3.05) is 24.7 Å². The van der Waals surface area contributed by atoms with Crippen LogP contribution in [0.15, 0.2) is 70.3 Å². The minimum atomic E-state index is -0.125. The van der Waals surface area contributed by atoms with Crippen molar-refractivity contribution in [1.29, 1.82) is 0 Å². The Labute approximate surface area is 179 Å². The monoisotopic (exact) mass is 418 g/mol. The van der Waals surface area contributed by atoms with Crippen LogP contribution in [-0.4, -0.2) is 34.0 Å². The van der Waals surface area contributed by atoms with Gasteiger partial charge in [0.05, 0.1) is 5.25 Å². The molecule has 0 aliphatic rings. The Morgan fingerprint density at radius 2 is 1.50 bits per heavy atom. The maximum Gasteiger partial charge on any atom is 0.257 e. The standard InChI is InChI=1S/C22H22N6OS/c1-14(19-25-20(23)27-21(26-19)28(2)3)30-22-24-17(15-10-6-4-7-11-15)18(29-22)16-12-8-5-9-13-16/h4-14H,1-3H3,(H2,23,25,26,27). The van der Waals surface area contributed by atoms with Gasteiger partial charge in [0.2, 0.25) is 11.9 Å². The normalized spacial score (nSPS) is 12.0. The lowest BCUT2D eigenvalue weighted by Crippen LogP contribution is -2.16.